The van der Waals surface area contributed by atoms with E-state index in [4.69, 9.17) is 0 Å². The molecule has 2 aromatic heterocycles. The molecule has 4 atom stereocenters. The number of imidazole rings is 1. The molecule has 2 N–H and O–H groups in total. The first-order chi connectivity index (χ1) is 12.8. The number of fused-ring (bicyclic) bond motifs is 2. The molecular weight excluding hydrogens is 388 g/mol. The molecule has 0 unspecified atom stereocenters. The summed E-state index contributed by atoms with van der Waals surface area (Å²) in [5.74, 6) is -2.13. The Hall–Kier alpha value is -2.35. The second-order valence-corrected chi connectivity index (χ2v) is 8.47. The number of rotatable bonds is 4. The monoisotopic (exact) mass is 404 g/mol. The number of thioether (sulfide) groups is 1. The summed E-state index contributed by atoms with van der Waals surface area (Å²) < 4.78 is 1.66. The summed E-state index contributed by atoms with van der Waals surface area (Å²) >= 11 is 2.77. The second-order valence-electron chi connectivity index (χ2n) is 6.65. The van der Waals surface area contributed by atoms with Crippen LogP contribution in [0.5, 0.6) is 0 Å². The first kappa shape index (κ1) is 18.0. The molecule has 27 heavy (non-hydrogen) atoms. The Kier molecular flexibility index (Phi) is 4.06. The Morgan fingerprint density at radius 1 is 1.52 bits per heavy atom. The SMILES string of the molecule is CSc1nc(C#N)n2cc(C3=C(C(=O)O)N4C(=O)[C@H]([C@@H](C)O)[C@H]4[C@H]3C)sc12. The van der Waals surface area contributed by atoms with E-state index in [2.05, 4.69) is 4.98 Å². The van der Waals surface area contributed by atoms with E-state index in [-0.39, 0.29) is 29.4 Å². The van der Waals surface area contributed by atoms with Gasteiger partial charge in [-0.25, -0.2) is 9.78 Å². The highest BCUT2D eigenvalue weighted by molar-refractivity contribution is 7.98. The molecule has 0 aliphatic carbocycles. The molecule has 1 amide bonds. The molecule has 0 radical (unpaired) electrons. The standard InChI is InChI=1S/C17H16N4O4S2/c1-6-10(8-5-20-9(4-18)19-14(26-3)16(20)27-8)13(17(24)25)21-12(6)11(7(2)22)15(21)23/h5-7,11-12,22H,1-3H3,(H,24,25)/t6-,7+,11+,12+/m0/s1. The van der Waals surface area contributed by atoms with Crippen LogP contribution >= 0.6 is 23.1 Å². The van der Waals surface area contributed by atoms with Gasteiger partial charge in [-0.15, -0.1) is 23.1 Å². The summed E-state index contributed by atoms with van der Waals surface area (Å²) in [6, 6.07) is 1.68. The highest BCUT2D eigenvalue weighted by Crippen LogP contribution is 2.51. The number of aliphatic carboxylic acids is 1. The van der Waals surface area contributed by atoms with Crippen molar-refractivity contribution in [1.82, 2.24) is 14.3 Å². The van der Waals surface area contributed by atoms with E-state index >= 15 is 0 Å². The molecule has 2 aromatic rings. The zero-order valence-electron chi connectivity index (χ0n) is 14.7. The zero-order chi connectivity index (χ0) is 19.6. The third-order valence-electron chi connectivity index (χ3n) is 5.22. The summed E-state index contributed by atoms with van der Waals surface area (Å²) in [4.78, 5) is 31.4. The maximum absolute atomic E-state index is 12.5. The highest BCUT2D eigenvalue weighted by Gasteiger charge is 2.60. The van der Waals surface area contributed by atoms with E-state index in [1.807, 2.05) is 19.2 Å². The van der Waals surface area contributed by atoms with Crippen molar-refractivity contribution in [2.45, 2.75) is 31.0 Å². The Morgan fingerprint density at radius 2 is 2.22 bits per heavy atom. The van der Waals surface area contributed by atoms with Crippen molar-refractivity contribution in [1.29, 1.82) is 5.26 Å². The molecular formula is C17H16N4O4S2. The summed E-state index contributed by atoms with van der Waals surface area (Å²) in [5, 5.41) is 29.7. The van der Waals surface area contributed by atoms with Crippen molar-refractivity contribution in [2.75, 3.05) is 6.26 Å². The van der Waals surface area contributed by atoms with E-state index in [1.54, 1.807) is 17.5 Å². The number of β-lactam (4-membered cyclic amide) rings is 1. The minimum atomic E-state index is -1.17. The van der Waals surface area contributed by atoms with Gasteiger partial charge in [-0.05, 0) is 13.2 Å². The van der Waals surface area contributed by atoms with E-state index in [0.717, 1.165) is 4.83 Å². The van der Waals surface area contributed by atoms with Crippen LogP contribution in [0.2, 0.25) is 0 Å². The predicted molar refractivity (Wildman–Crippen MR) is 99.1 cm³/mol. The van der Waals surface area contributed by atoms with E-state index in [9.17, 15) is 25.1 Å². The van der Waals surface area contributed by atoms with Crippen LogP contribution in [0, 0.1) is 23.2 Å². The third-order valence-corrected chi connectivity index (χ3v) is 7.15. The molecule has 1 fully saturated rings. The fraction of sp³-hybridized carbons (Fsp3) is 0.412. The van der Waals surface area contributed by atoms with Crippen LogP contribution in [0.3, 0.4) is 0 Å². The Labute approximate surface area is 162 Å². The highest BCUT2D eigenvalue weighted by atomic mass is 32.2. The van der Waals surface area contributed by atoms with Crippen LogP contribution in [0.25, 0.3) is 10.4 Å². The van der Waals surface area contributed by atoms with E-state index < -0.39 is 18.0 Å². The number of amides is 1. The number of hydrogen-bond donors (Lipinski definition) is 2. The lowest BCUT2D eigenvalue weighted by atomic mass is 9.77. The summed E-state index contributed by atoms with van der Waals surface area (Å²) in [6.07, 6.45) is 2.74. The van der Waals surface area contributed by atoms with Crippen LogP contribution in [0.4, 0.5) is 0 Å². The molecule has 2 aliphatic rings. The smallest absolute Gasteiger partial charge is 0.352 e. The third kappa shape index (κ3) is 2.29. The number of carboxylic acids is 1. The number of carbonyl (C=O) groups is 2. The Morgan fingerprint density at radius 3 is 2.78 bits per heavy atom. The van der Waals surface area contributed by atoms with Gasteiger partial charge in [-0.1, -0.05) is 6.92 Å². The van der Waals surface area contributed by atoms with Gasteiger partial charge in [0, 0.05) is 17.7 Å². The molecule has 0 bridgehead atoms. The number of aliphatic hydroxyl groups excluding tert-OH is 1. The number of nitriles is 1. The number of carbonyl (C=O) groups excluding carboxylic acids is 1. The van der Waals surface area contributed by atoms with Crippen molar-refractivity contribution in [2.24, 2.45) is 11.8 Å². The maximum Gasteiger partial charge on any atom is 0.352 e. The number of aliphatic hydroxyl groups is 1. The van der Waals surface area contributed by atoms with Crippen molar-refractivity contribution >= 4 is 45.4 Å². The molecule has 0 aromatic carbocycles. The molecule has 8 nitrogen and oxygen atoms in total. The van der Waals surface area contributed by atoms with Crippen LogP contribution in [0.15, 0.2) is 16.9 Å². The molecule has 4 heterocycles. The van der Waals surface area contributed by atoms with Gasteiger partial charge in [-0.3, -0.25) is 9.20 Å². The zero-order valence-corrected chi connectivity index (χ0v) is 16.3. The molecule has 0 spiro atoms. The Bertz CT molecular complexity index is 1060. The first-order valence-electron chi connectivity index (χ1n) is 8.26. The van der Waals surface area contributed by atoms with Gasteiger partial charge in [0.2, 0.25) is 11.7 Å². The van der Waals surface area contributed by atoms with Crippen molar-refractivity contribution < 1.29 is 19.8 Å². The molecule has 140 valence electrons. The molecule has 10 heteroatoms. The summed E-state index contributed by atoms with van der Waals surface area (Å²) in [6.45, 7) is 3.43. The minimum Gasteiger partial charge on any atom is -0.477 e. The normalized spacial score (nSPS) is 25.5. The lowest BCUT2D eigenvalue weighted by Gasteiger charge is -2.46. The van der Waals surface area contributed by atoms with Gasteiger partial charge < -0.3 is 15.1 Å². The number of thiazole rings is 1. The van der Waals surface area contributed by atoms with Gasteiger partial charge in [-0.2, -0.15) is 5.26 Å². The number of nitrogens with zero attached hydrogens (tertiary/aromatic N) is 4. The molecule has 4 rings (SSSR count). The lowest BCUT2D eigenvalue weighted by Crippen LogP contribution is -2.63. The number of aromatic nitrogens is 2. The average Bonchev–Trinajstić information content (AvgIpc) is 3.23. The Balaban J connectivity index is 1.89. The maximum atomic E-state index is 12.5. The summed E-state index contributed by atoms with van der Waals surface area (Å²) in [5.41, 5.74) is 0.532. The number of hydrogen-bond acceptors (Lipinski definition) is 7. The topological polar surface area (TPSA) is 119 Å². The average molecular weight is 404 g/mol. The van der Waals surface area contributed by atoms with Crippen LogP contribution in [-0.4, -0.2) is 54.8 Å². The first-order valence-corrected chi connectivity index (χ1v) is 10.3. The lowest BCUT2D eigenvalue weighted by molar-refractivity contribution is -0.163. The molecule has 0 saturated carbocycles. The van der Waals surface area contributed by atoms with Crippen molar-refractivity contribution in [3.8, 4) is 6.07 Å². The largest absolute Gasteiger partial charge is 0.477 e. The quantitative estimate of drug-likeness (QED) is 0.587. The van der Waals surface area contributed by atoms with Gasteiger partial charge in [0.05, 0.1) is 22.9 Å². The van der Waals surface area contributed by atoms with Gasteiger partial charge in [0.15, 0.2) is 0 Å². The fourth-order valence-electron chi connectivity index (χ4n) is 4.09. The van der Waals surface area contributed by atoms with Gasteiger partial charge >= 0.3 is 5.97 Å². The van der Waals surface area contributed by atoms with Gasteiger partial charge in [0.1, 0.15) is 21.6 Å². The van der Waals surface area contributed by atoms with Crippen molar-refractivity contribution in [3.63, 3.8) is 0 Å². The minimum absolute atomic E-state index is 0.0314. The molecule has 2 aliphatic heterocycles. The predicted octanol–water partition coefficient (Wildman–Crippen LogP) is 1.64. The van der Waals surface area contributed by atoms with Crippen LogP contribution in [-0.2, 0) is 9.59 Å². The fourth-order valence-corrected chi connectivity index (χ4v) is 6.04. The number of carboxylic acid groups (broad SMARTS) is 1. The van der Waals surface area contributed by atoms with Crippen LogP contribution in [0.1, 0.15) is 24.5 Å². The van der Waals surface area contributed by atoms with E-state index in [1.165, 1.54) is 28.0 Å². The van der Waals surface area contributed by atoms with Gasteiger partial charge in [0.25, 0.3) is 0 Å². The van der Waals surface area contributed by atoms with Crippen LogP contribution < -0.4 is 0 Å². The van der Waals surface area contributed by atoms with Crippen molar-refractivity contribution in [3.05, 3.63) is 22.6 Å². The second kappa shape index (κ2) is 6.09. The summed E-state index contributed by atoms with van der Waals surface area (Å²) in [7, 11) is 0. The van der Waals surface area contributed by atoms with E-state index in [0.29, 0.717) is 15.5 Å². The molecule has 1 saturated heterocycles.